The Morgan fingerprint density at radius 3 is 2.63 bits per heavy atom. The van der Waals surface area contributed by atoms with Crippen LogP contribution in [0.1, 0.15) is 18.9 Å². The van der Waals surface area contributed by atoms with E-state index in [-0.39, 0.29) is 18.9 Å². The van der Waals surface area contributed by atoms with Gasteiger partial charge in [0.05, 0.1) is 12.5 Å². The number of benzene rings is 2. The van der Waals surface area contributed by atoms with Crippen LogP contribution in [0.25, 0.3) is 0 Å². The first-order valence-corrected chi connectivity index (χ1v) is 10.0. The molecule has 0 bridgehead atoms. The van der Waals surface area contributed by atoms with Crippen LogP contribution in [0.2, 0.25) is 5.02 Å². The monoisotopic (exact) mass is 430 g/mol. The number of halogens is 1. The quantitative estimate of drug-likeness (QED) is 0.678. The number of ether oxygens (including phenoxy) is 2. The molecular formula is C22H23ClN2O5. The number of rotatable bonds is 7. The second kappa shape index (κ2) is 9.63. The summed E-state index contributed by atoms with van der Waals surface area (Å²) >= 11 is 5.94. The van der Waals surface area contributed by atoms with Gasteiger partial charge in [0.15, 0.2) is 6.61 Å². The minimum Gasteiger partial charge on any atom is -0.494 e. The van der Waals surface area contributed by atoms with Crippen LogP contribution >= 0.6 is 11.6 Å². The van der Waals surface area contributed by atoms with E-state index < -0.39 is 24.4 Å². The zero-order valence-electron chi connectivity index (χ0n) is 16.8. The molecule has 1 atom stereocenters. The van der Waals surface area contributed by atoms with Crippen molar-refractivity contribution in [3.05, 3.63) is 53.1 Å². The lowest BCUT2D eigenvalue weighted by atomic mass is 10.1. The van der Waals surface area contributed by atoms with Gasteiger partial charge in [-0.2, -0.15) is 0 Å². The molecule has 1 aliphatic heterocycles. The molecular weight excluding hydrogens is 408 g/mol. The summed E-state index contributed by atoms with van der Waals surface area (Å²) in [5, 5.41) is 3.16. The molecule has 2 amide bonds. The fourth-order valence-electron chi connectivity index (χ4n) is 3.17. The first-order chi connectivity index (χ1) is 14.4. The molecule has 158 valence electrons. The second-order valence-electron chi connectivity index (χ2n) is 6.95. The molecule has 0 saturated carbocycles. The summed E-state index contributed by atoms with van der Waals surface area (Å²) < 4.78 is 10.5. The number of hydrogen-bond donors (Lipinski definition) is 1. The predicted molar refractivity (Wildman–Crippen MR) is 114 cm³/mol. The molecule has 0 radical (unpaired) electrons. The van der Waals surface area contributed by atoms with E-state index in [2.05, 4.69) is 5.32 Å². The van der Waals surface area contributed by atoms with E-state index >= 15 is 0 Å². The lowest BCUT2D eigenvalue weighted by Crippen LogP contribution is -2.28. The number of anilines is 2. The number of nitrogens with zero attached hydrogens (tertiary/aromatic N) is 1. The molecule has 7 nitrogen and oxygen atoms in total. The standard InChI is InChI=1S/C22H23ClN2O5/c1-3-29-18-8-6-17(7-9-18)25-12-15(10-21(25)27)22(28)30-13-20(26)24-19-11-16(23)5-4-14(19)2/h4-9,11,15H,3,10,12-13H2,1-2H3,(H,24,26)/t15-/m0/s1. The van der Waals surface area contributed by atoms with Gasteiger partial charge in [0.25, 0.3) is 5.91 Å². The third kappa shape index (κ3) is 5.30. The van der Waals surface area contributed by atoms with Gasteiger partial charge < -0.3 is 19.7 Å². The van der Waals surface area contributed by atoms with Gasteiger partial charge in [0.1, 0.15) is 5.75 Å². The summed E-state index contributed by atoms with van der Waals surface area (Å²) in [6.07, 6.45) is 0.0427. The molecule has 0 aromatic heterocycles. The van der Waals surface area contributed by atoms with Gasteiger partial charge in [0, 0.05) is 29.4 Å². The first kappa shape index (κ1) is 21.6. The molecule has 2 aromatic carbocycles. The molecule has 30 heavy (non-hydrogen) atoms. The number of esters is 1. The van der Waals surface area contributed by atoms with Gasteiger partial charge in [-0.05, 0) is 55.8 Å². The first-order valence-electron chi connectivity index (χ1n) is 9.63. The van der Waals surface area contributed by atoms with Crippen LogP contribution < -0.4 is 15.0 Å². The van der Waals surface area contributed by atoms with Gasteiger partial charge >= 0.3 is 5.97 Å². The van der Waals surface area contributed by atoms with Gasteiger partial charge in [-0.25, -0.2) is 0 Å². The van der Waals surface area contributed by atoms with Gasteiger partial charge in [-0.3, -0.25) is 14.4 Å². The smallest absolute Gasteiger partial charge is 0.311 e. The number of nitrogens with one attached hydrogen (secondary N) is 1. The summed E-state index contributed by atoms with van der Waals surface area (Å²) in [7, 11) is 0. The topological polar surface area (TPSA) is 84.9 Å². The predicted octanol–water partition coefficient (Wildman–Crippen LogP) is 3.58. The van der Waals surface area contributed by atoms with Gasteiger partial charge in [-0.15, -0.1) is 0 Å². The maximum absolute atomic E-state index is 12.4. The Morgan fingerprint density at radius 2 is 1.93 bits per heavy atom. The fourth-order valence-corrected chi connectivity index (χ4v) is 3.35. The molecule has 0 aliphatic carbocycles. The third-order valence-corrected chi connectivity index (χ3v) is 4.97. The molecule has 1 saturated heterocycles. The zero-order chi connectivity index (χ0) is 21.7. The van der Waals surface area contributed by atoms with Crippen LogP contribution in [-0.4, -0.2) is 37.5 Å². The normalized spacial score (nSPS) is 15.8. The number of carbonyl (C=O) groups excluding carboxylic acids is 3. The van der Waals surface area contributed by atoms with E-state index in [1.807, 2.05) is 13.8 Å². The number of aryl methyl sites for hydroxylation is 1. The van der Waals surface area contributed by atoms with Crippen LogP contribution in [0.4, 0.5) is 11.4 Å². The Balaban J connectivity index is 1.53. The lowest BCUT2D eigenvalue weighted by molar-refractivity contribution is -0.151. The van der Waals surface area contributed by atoms with Crippen molar-refractivity contribution in [3.63, 3.8) is 0 Å². The van der Waals surface area contributed by atoms with Crippen molar-refractivity contribution in [1.82, 2.24) is 0 Å². The molecule has 0 spiro atoms. The Hall–Kier alpha value is -3.06. The lowest BCUT2D eigenvalue weighted by Gasteiger charge is -2.17. The van der Waals surface area contributed by atoms with E-state index in [1.165, 1.54) is 4.90 Å². The average molecular weight is 431 g/mol. The minimum absolute atomic E-state index is 0.0427. The highest BCUT2D eigenvalue weighted by Crippen LogP contribution is 2.27. The van der Waals surface area contributed by atoms with Crippen LogP contribution in [0.5, 0.6) is 5.75 Å². The Morgan fingerprint density at radius 1 is 1.20 bits per heavy atom. The molecule has 3 rings (SSSR count). The Labute approximate surface area is 179 Å². The third-order valence-electron chi connectivity index (χ3n) is 4.74. The van der Waals surface area contributed by atoms with Crippen LogP contribution in [0.3, 0.4) is 0 Å². The minimum atomic E-state index is -0.621. The second-order valence-corrected chi connectivity index (χ2v) is 7.38. The van der Waals surface area contributed by atoms with Crippen molar-refractivity contribution in [1.29, 1.82) is 0 Å². The molecule has 2 aromatic rings. The van der Waals surface area contributed by atoms with E-state index in [0.717, 1.165) is 5.56 Å². The summed E-state index contributed by atoms with van der Waals surface area (Å²) in [5.41, 5.74) is 2.08. The molecule has 0 unspecified atom stereocenters. The fraction of sp³-hybridized carbons (Fsp3) is 0.318. The number of hydrogen-bond acceptors (Lipinski definition) is 5. The van der Waals surface area contributed by atoms with E-state index in [4.69, 9.17) is 21.1 Å². The van der Waals surface area contributed by atoms with E-state index in [0.29, 0.717) is 28.8 Å². The highest BCUT2D eigenvalue weighted by molar-refractivity contribution is 6.31. The largest absolute Gasteiger partial charge is 0.494 e. The van der Waals surface area contributed by atoms with E-state index in [9.17, 15) is 14.4 Å². The van der Waals surface area contributed by atoms with Crippen molar-refractivity contribution in [2.45, 2.75) is 20.3 Å². The van der Waals surface area contributed by atoms with Crippen molar-refractivity contribution < 1.29 is 23.9 Å². The van der Waals surface area contributed by atoms with Crippen molar-refractivity contribution in [3.8, 4) is 5.75 Å². The van der Waals surface area contributed by atoms with Crippen LogP contribution in [-0.2, 0) is 19.1 Å². The summed E-state index contributed by atoms with van der Waals surface area (Å²) in [4.78, 5) is 38.4. The number of amides is 2. The number of carbonyl (C=O) groups is 3. The zero-order valence-corrected chi connectivity index (χ0v) is 17.6. The van der Waals surface area contributed by atoms with Crippen LogP contribution in [0.15, 0.2) is 42.5 Å². The molecule has 8 heteroatoms. The molecule has 1 heterocycles. The maximum Gasteiger partial charge on any atom is 0.311 e. The Bertz CT molecular complexity index is 945. The molecule has 1 N–H and O–H groups in total. The van der Waals surface area contributed by atoms with Crippen molar-refractivity contribution in [2.24, 2.45) is 5.92 Å². The van der Waals surface area contributed by atoms with Crippen molar-refractivity contribution in [2.75, 3.05) is 30.0 Å². The summed E-state index contributed by atoms with van der Waals surface area (Å²) in [6.45, 7) is 4.06. The highest BCUT2D eigenvalue weighted by Gasteiger charge is 2.36. The maximum atomic E-state index is 12.4. The van der Waals surface area contributed by atoms with Gasteiger partial charge in [0.2, 0.25) is 5.91 Å². The van der Waals surface area contributed by atoms with Crippen LogP contribution in [0, 0.1) is 12.8 Å². The van der Waals surface area contributed by atoms with Gasteiger partial charge in [-0.1, -0.05) is 17.7 Å². The van der Waals surface area contributed by atoms with Crippen molar-refractivity contribution >= 4 is 40.8 Å². The molecule has 1 aliphatic rings. The molecule has 1 fully saturated rings. The summed E-state index contributed by atoms with van der Waals surface area (Å²) in [5.74, 6) is -1.12. The van der Waals surface area contributed by atoms with E-state index in [1.54, 1.807) is 42.5 Å². The Kier molecular flexibility index (Phi) is 6.95. The highest BCUT2D eigenvalue weighted by atomic mass is 35.5. The average Bonchev–Trinajstić information content (AvgIpc) is 3.11. The summed E-state index contributed by atoms with van der Waals surface area (Å²) in [6, 6.07) is 12.2. The SMILES string of the molecule is CCOc1ccc(N2C[C@@H](C(=O)OCC(=O)Nc3cc(Cl)ccc3C)CC2=O)cc1.